The molecule has 2 aromatic heterocycles. The van der Waals surface area contributed by atoms with Crippen LogP contribution >= 0.6 is 22.9 Å². The van der Waals surface area contributed by atoms with Crippen LogP contribution in [0.4, 0.5) is 0 Å². The molecule has 0 amide bonds. The standard InChI is InChI=1S/C64H61ClN4O4S/c1-38(2)73-62(71)55-33-74-60-52(27-39(3)28-53(55)60)51-31-43(65)19-22-59(51)72-26-25-69-40(4)67-58-21-20-44(32-54(58)61(69)70)68-24-23-63(37-68)34-64(36-66-35-63,56-17-9-15-47-45-13-7-5-11-41(45)29-49(47)56)57-18-10-16-48-46-14-8-6-12-42(46)30-50(48)57/h5-19,22,27-28,31,33,38,44,66H,20-21,23-26,29-30,32,34-37H2,1-4H3. The number of carbonyl (C=O) groups is 1. The first-order chi connectivity index (χ1) is 36.0. The highest BCUT2D eigenvalue weighted by atomic mass is 35.5. The summed E-state index contributed by atoms with van der Waals surface area (Å²) in [5.41, 5.74) is 19.3. The van der Waals surface area contributed by atoms with Crippen LogP contribution in [-0.4, -0.2) is 65.4 Å². The van der Waals surface area contributed by atoms with Crippen molar-refractivity contribution in [3.05, 3.63) is 198 Å². The molecule has 374 valence electrons. The van der Waals surface area contributed by atoms with E-state index in [4.69, 9.17) is 26.1 Å². The van der Waals surface area contributed by atoms with Crippen molar-refractivity contribution in [2.45, 2.75) is 96.7 Å². The molecule has 0 bridgehead atoms. The molecule has 5 aliphatic rings. The highest BCUT2D eigenvalue weighted by molar-refractivity contribution is 7.18. The van der Waals surface area contributed by atoms with E-state index in [-0.39, 0.29) is 41.1 Å². The lowest BCUT2D eigenvalue weighted by Gasteiger charge is -2.49. The van der Waals surface area contributed by atoms with Gasteiger partial charge in [-0.2, -0.15) is 0 Å². The first-order valence-electron chi connectivity index (χ1n) is 26.6. The van der Waals surface area contributed by atoms with Crippen molar-refractivity contribution in [1.29, 1.82) is 0 Å². The molecule has 1 N–H and O–H groups in total. The predicted octanol–water partition coefficient (Wildman–Crippen LogP) is 12.7. The summed E-state index contributed by atoms with van der Waals surface area (Å²) in [4.78, 5) is 35.6. The highest BCUT2D eigenvalue weighted by Gasteiger charge is 2.52. The number of aromatic nitrogens is 2. The van der Waals surface area contributed by atoms with Gasteiger partial charge in [-0.15, -0.1) is 11.3 Å². The van der Waals surface area contributed by atoms with Crippen LogP contribution < -0.4 is 15.6 Å². The van der Waals surface area contributed by atoms with E-state index in [0.717, 1.165) is 103 Å². The first kappa shape index (κ1) is 47.4. The number of halogens is 1. The SMILES string of the molecule is Cc1cc(-c2cc(Cl)ccc2OCCn2c(C)nc3c(c2=O)CC(N2CCC4(CNCC(c5cccc6c5Cc5ccccc5-6)(c5cccc6c5Cc5ccccc5-6)C4)C2)CC3)c2scc(C(=O)OC(C)C)c2c1. The Balaban J connectivity index is 0.766. The Labute approximate surface area is 442 Å². The predicted molar refractivity (Wildman–Crippen MR) is 298 cm³/mol. The van der Waals surface area contributed by atoms with E-state index < -0.39 is 0 Å². The zero-order valence-electron chi connectivity index (χ0n) is 42.7. The van der Waals surface area contributed by atoms with Crippen LogP contribution in [0.15, 0.2) is 125 Å². The van der Waals surface area contributed by atoms with Crippen molar-refractivity contribution in [3.63, 3.8) is 0 Å². The van der Waals surface area contributed by atoms with Gasteiger partial charge in [-0.05, 0) is 176 Å². The molecule has 0 saturated carbocycles. The molecule has 10 heteroatoms. The smallest absolute Gasteiger partial charge is 0.339 e. The maximum absolute atomic E-state index is 14.7. The number of nitrogens with zero attached hydrogens (tertiary/aromatic N) is 3. The highest BCUT2D eigenvalue weighted by Crippen LogP contribution is 2.55. The van der Waals surface area contributed by atoms with Crippen molar-refractivity contribution in [2.75, 3.05) is 32.8 Å². The van der Waals surface area contributed by atoms with E-state index in [1.807, 2.05) is 61.9 Å². The van der Waals surface area contributed by atoms with Gasteiger partial charge in [-0.3, -0.25) is 14.3 Å². The zero-order chi connectivity index (χ0) is 50.5. The summed E-state index contributed by atoms with van der Waals surface area (Å²) in [5.74, 6) is 1.04. The molecule has 1 spiro atoms. The Morgan fingerprint density at radius 1 is 0.824 bits per heavy atom. The lowest BCUT2D eigenvalue weighted by Crippen LogP contribution is -2.55. The number of aryl methyl sites for hydroxylation is 3. The zero-order valence-corrected chi connectivity index (χ0v) is 44.2. The monoisotopic (exact) mass is 1020 g/mol. The minimum Gasteiger partial charge on any atom is -0.491 e. The number of piperidine rings is 1. The molecule has 2 atom stereocenters. The second-order valence-corrected chi connectivity index (χ2v) is 23.4. The van der Waals surface area contributed by atoms with Crippen LogP contribution in [0, 0.1) is 19.3 Å². The molecule has 2 aliphatic heterocycles. The number of hydrogen-bond acceptors (Lipinski definition) is 8. The number of fused-ring (bicyclic) bond motifs is 8. The lowest BCUT2D eigenvalue weighted by molar-refractivity contribution is 0.0381. The molecule has 2 unspecified atom stereocenters. The van der Waals surface area contributed by atoms with E-state index >= 15 is 0 Å². The summed E-state index contributed by atoms with van der Waals surface area (Å²) in [6.45, 7) is 12.2. The molecule has 74 heavy (non-hydrogen) atoms. The molecule has 2 saturated heterocycles. The molecule has 3 aliphatic carbocycles. The average molecular weight is 1020 g/mol. The number of rotatable bonds is 10. The minimum absolute atomic E-state index is 0.0436. The molecule has 0 radical (unpaired) electrons. The van der Waals surface area contributed by atoms with Crippen LogP contribution in [0.25, 0.3) is 43.5 Å². The summed E-state index contributed by atoms with van der Waals surface area (Å²) in [6.07, 6.45) is 6.38. The fourth-order valence-electron chi connectivity index (χ4n) is 14.0. The molecule has 6 aromatic carbocycles. The van der Waals surface area contributed by atoms with Crippen molar-refractivity contribution in [3.8, 4) is 39.1 Å². The van der Waals surface area contributed by atoms with Gasteiger partial charge in [0.15, 0.2) is 0 Å². The summed E-state index contributed by atoms with van der Waals surface area (Å²) in [6, 6.07) is 42.3. The first-order valence-corrected chi connectivity index (χ1v) is 27.8. The third-order valence-corrected chi connectivity index (χ3v) is 18.5. The second kappa shape index (κ2) is 18.5. The fourth-order valence-corrected chi connectivity index (χ4v) is 15.2. The van der Waals surface area contributed by atoms with E-state index in [1.54, 1.807) is 0 Å². The van der Waals surface area contributed by atoms with E-state index in [9.17, 15) is 9.59 Å². The average Bonchev–Trinajstić information content (AvgIpc) is 4.20. The van der Waals surface area contributed by atoms with Crippen LogP contribution in [-0.2, 0) is 42.4 Å². The number of nitrogens with one attached hydrogen (secondary N) is 1. The second-order valence-electron chi connectivity index (χ2n) is 22.1. The Hall–Kier alpha value is -6.36. The van der Waals surface area contributed by atoms with Gasteiger partial charge in [-0.25, -0.2) is 9.78 Å². The van der Waals surface area contributed by atoms with Crippen LogP contribution in [0.2, 0.25) is 5.02 Å². The van der Waals surface area contributed by atoms with Gasteiger partial charge in [0.25, 0.3) is 5.56 Å². The van der Waals surface area contributed by atoms with Gasteiger partial charge in [-0.1, -0.05) is 96.5 Å². The Kier molecular flexibility index (Phi) is 11.8. The number of likely N-dealkylation sites (tertiary alicyclic amines) is 1. The van der Waals surface area contributed by atoms with Crippen molar-refractivity contribution >= 4 is 39.0 Å². The summed E-state index contributed by atoms with van der Waals surface area (Å²) in [5, 5.41) is 7.43. The maximum Gasteiger partial charge on any atom is 0.339 e. The number of carbonyl (C=O) groups excluding carboxylic acids is 1. The number of thiophene rings is 1. The molecule has 8 nitrogen and oxygen atoms in total. The Morgan fingerprint density at radius 3 is 2.24 bits per heavy atom. The Bertz CT molecular complexity index is 3550. The topological polar surface area (TPSA) is 85.7 Å². The third-order valence-electron chi connectivity index (χ3n) is 17.2. The summed E-state index contributed by atoms with van der Waals surface area (Å²) >= 11 is 8.16. The number of ether oxygens (including phenoxy) is 2. The van der Waals surface area contributed by atoms with Gasteiger partial charge < -0.3 is 14.8 Å². The van der Waals surface area contributed by atoms with Gasteiger partial charge in [0.2, 0.25) is 0 Å². The van der Waals surface area contributed by atoms with Crippen molar-refractivity contribution in [2.24, 2.45) is 5.41 Å². The van der Waals surface area contributed by atoms with Crippen LogP contribution in [0.1, 0.15) is 99.5 Å². The van der Waals surface area contributed by atoms with Gasteiger partial charge in [0.1, 0.15) is 18.2 Å². The maximum atomic E-state index is 14.7. The number of esters is 1. The normalized spacial score (nSPS) is 19.4. The molecule has 8 aromatic rings. The van der Waals surface area contributed by atoms with Gasteiger partial charge in [0.05, 0.1) is 23.9 Å². The molecule has 4 heterocycles. The molecular formula is C64H61ClN4O4S. The van der Waals surface area contributed by atoms with Crippen molar-refractivity contribution < 1.29 is 14.3 Å². The van der Waals surface area contributed by atoms with E-state index in [1.165, 1.54) is 67.0 Å². The van der Waals surface area contributed by atoms with E-state index in [0.29, 0.717) is 35.1 Å². The number of benzene rings is 6. The van der Waals surface area contributed by atoms with Crippen LogP contribution in [0.3, 0.4) is 0 Å². The number of hydrogen-bond donors (Lipinski definition) is 1. The summed E-state index contributed by atoms with van der Waals surface area (Å²) in [7, 11) is 0. The molecule has 2 fully saturated rings. The molecular weight excluding hydrogens is 956 g/mol. The fraction of sp³-hybridized carbons (Fsp3) is 0.328. The van der Waals surface area contributed by atoms with Gasteiger partial charge in [0, 0.05) is 68.3 Å². The van der Waals surface area contributed by atoms with E-state index in [2.05, 4.69) is 101 Å². The van der Waals surface area contributed by atoms with Crippen molar-refractivity contribution in [1.82, 2.24) is 19.8 Å². The minimum atomic E-state index is -0.333. The van der Waals surface area contributed by atoms with Gasteiger partial charge >= 0.3 is 5.97 Å². The Morgan fingerprint density at radius 2 is 1.53 bits per heavy atom. The lowest BCUT2D eigenvalue weighted by atomic mass is 9.59. The summed E-state index contributed by atoms with van der Waals surface area (Å²) < 4.78 is 14.9. The molecule has 13 rings (SSSR count). The third kappa shape index (κ3) is 7.96. The van der Waals surface area contributed by atoms with Crippen LogP contribution in [0.5, 0.6) is 5.75 Å². The largest absolute Gasteiger partial charge is 0.491 e. The quantitative estimate of drug-likeness (QED) is 0.137.